The number of β-amino-alcohol motifs (C(OH)–C–C–N with tert-alkyl or cyclic N) is 1. The quantitative estimate of drug-likeness (QED) is 0.532. The maximum Gasteiger partial charge on any atom is 0.127 e. The van der Waals surface area contributed by atoms with E-state index in [1.807, 2.05) is 24.3 Å². The first kappa shape index (κ1) is 23.5. The van der Waals surface area contributed by atoms with Crippen LogP contribution in [0.2, 0.25) is 0 Å². The van der Waals surface area contributed by atoms with Gasteiger partial charge in [0.05, 0.1) is 7.11 Å². The molecule has 1 heterocycles. The summed E-state index contributed by atoms with van der Waals surface area (Å²) in [6, 6.07) is 12.5. The summed E-state index contributed by atoms with van der Waals surface area (Å²) in [5, 5.41) is 13.8. The second-order valence-corrected chi connectivity index (χ2v) is 8.06. The molecule has 0 aliphatic carbocycles. The molecule has 3 rings (SSSR count). The first-order valence-corrected chi connectivity index (χ1v) is 10.9. The van der Waals surface area contributed by atoms with E-state index in [9.17, 15) is 9.50 Å². The van der Waals surface area contributed by atoms with Crippen molar-refractivity contribution in [3.8, 4) is 11.5 Å². The van der Waals surface area contributed by atoms with Crippen molar-refractivity contribution in [1.82, 2.24) is 15.1 Å². The Kier molecular flexibility index (Phi) is 9.09. The number of hydrogen-bond donors (Lipinski definition) is 2. The molecule has 2 aromatic carbocycles. The monoisotopic (exact) mass is 431 g/mol. The molecule has 1 aliphatic heterocycles. The molecule has 0 aromatic heterocycles. The lowest BCUT2D eigenvalue weighted by Crippen LogP contribution is -2.47. The first-order valence-electron chi connectivity index (χ1n) is 10.9. The van der Waals surface area contributed by atoms with Crippen LogP contribution in [-0.4, -0.2) is 81.0 Å². The molecule has 0 amide bonds. The summed E-state index contributed by atoms with van der Waals surface area (Å²) in [5.41, 5.74) is 1.68. The van der Waals surface area contributed by atoms with E-state index in [1.54, 1.807) is 19.2 Å². The number of nitrogens with zero attached hydrogens (tertiary/aromatic N) is 2. The average Bonchev–Trinajstić information content (AvgIpc) is 2.78. The van der Waals surface area contributed by atoms with Crippen molar-refractivity contribution >= 4 is 0 Å². The van der Waals surface area contributed by atoms with Crippen LogP contribution in [0.3, 0.4) is 0 Å². The number of aliphatic hydroxyl groups is 1. The van der Waals surface area contributed by atoms with Crippen molar-refractivity contribution in [2.45, 2.75) is 19.1 Å². The van der Waals surface area contributed by atoms with Gasteiger partial charge in [0, 0.05) is 50.9 Å². The summed E-state index contributed by atoms with van der Waals surface area (Å²) in [7, 11) is 3.74. The molecule has 0 unspecified atom stereocenters. The SMILES string of the molecule is COc1ccc(CNCCc2ccccc2F)c(OC[C@H](O)CN2CCN(C)CC2)c1. The van der Waals surface area contributed by atoms with E-state index in [-0.39, 0.29) is 12.4 Å². The fourth-order valence-electron chi connectivity index (χ4n) is 3.66. The van der Waals surface area contributed by atoms with Gasteiger partial charge in [-0.05, 0) is 37.7 Å². The smallest absolute Gasteiger partial charge is 0.127 e. The van der Waals surface area contributed by atoms with Crippen molar-refractivity contribution in [3.63, 3.8) is 0 Å². The van der Waals surface area contributed by atoms with Gasteiger partial charge in [0.25, 0.3) is 0 Å². The molecular formula is C24H34FN3O3. The Morgan fingerprint density at radius 3 is 2.61 bits per heavy atom. The number of rotatable bonds is 11. The molecule has 6 nitrogen and oxygen atoms in total. The maximum absolute atomic E-state index is 13.8. The lowest BCUT2D eigenvalue weighted by Gasteiger charge is -2.33. The predicted octanol–water partition coefficient (Wildman–Crippen LogP) is 2.15. The zero-order valence-corrected chi connectivity index (χ0v) is 18.5. The summed E-state index contributed by atoms with van der Waals surface area (Å²) >= 11 is 0. The van der Waals surface area contributed by atoms with E-state index >= 15 is 0 Å². The second kappa shape index (κ2) is 12.0. The van der Waals surface area contributed by atoms with Crippen molar-refractivity contribution in [2.75, 3.05) is 60.0 Å². The van der Waals surface area contributed by atoms with Crippen LogP contribution in [0.25, 0.3) is 0 Å². The van der Waals surface area contributed by atoms with Crippen molar-refractivity contribution in [1.29, 1.82) is 0 Å². The van der Waals surface area contributed by atoms with Crippen LogP contribution in [0, 0.1) is 5.82 Å². The normalized spacial score (nSPS) is 16.3. The van der Waals surface area contributed by atoms with E-state index in [1.165, 1.54) is 6.07 Å². The zero-order valence-electron chi connectivity index (χ0n) is 18.5. The Bertz CT molecular complexity index is 812. The van der Waals surface area contributed by atoms with Crippen LogP contribution < -0.4 is 14.8 Å². The van der Waals surface area contributed by atoms with Gasteiger partial charge in [-0.2, -0.15) is 0 Å². The van der Waals surface area contributed by atoms with Crippen molar-refractivity contribution in [2.24, 2.45) is 0 Å². The molecule has 1 fully saturated rings. The van der Waals surface area contributed by atoms with Crippen LogP contribution in [-0.2, 0) is 13.0 Å². The number of piperazine rings is 1. The third-order valence-corrected chi connectivity index (χ3v) is 5.61. The Balaban J connectivity index is 1.50. The van der Waals surface area contributed by atoms with Crippen LogP contribution in [0.4, 0.5) is 4.39 Å². The number of halogens is 1. The lowest BCUT2D eigenvalue weighted by atomic mass is 10.1. The third kappa shape index (κ3) is 7.47. The summed E-state index contributed by atoms with van der Waals surface area (Å²) in [6.07, 6.45) is 0.0550. The van der Waals surface area contributed by atoms with Crippen LogP contribution in [0.15, 0.2) is 42.5 Å². The number of nitrogens with one attached hydrogen (secondary N) is 1. The summed E-state index contributed by atoms with van der Waals surface area (Å²) in [6.45, 7) is 6.03. The Hall–Kier alpha value is -2.19. The Morgan fingerprint density at radius 1 is 1.10 bits per heavy atom. The number of methoxy groups -OCH3 is 1. The zero-order chi connectivity index (χ0) is 22.1. The van der Waals surface area contributed by atoms with Gasteiger partial charge in [0.2, 0.25) is 0 Å². The highest BCUT2D eigenvalue weighted by atomic mass is 19.1. The number of benzene rings is 2. The summed E-state index contributed by atoms with van der Waals surface area (Å²) in [4.78, 5) is 4.56. The molecule has 1 aliphatic rings. The molecule has 2 N–H and O–H groups in total. The molecule has 31 heavy (non-hydrogen) atoms. The van der Waals surface area contributed by atoms with E-state index in [0.717, 1.165) is 31.7 Å². The van der Waals surface area contributed by atoms with Crippen LogP contribution in [0.5, 0.6) is 11.5 Å². The Morgan fingerprint density at radius 2 is 1.87 bits per heavy atom. The van der Waals surface area contributed by atoms with Crippen molar-refractivity contribution in [3.05, 3.63) is 59.4 Å². The van der Waals surface area contributed by atoms with Gasteiger partial charge in [0.15, 0.2) is 0 Å². The highest BCUT2D eigenvalue weighted by Gasteiger charge is 2.18. The highest BCUT2D eigenvalue weighted by Crippen LogP contribution is 2.25. The fourth-order valence-corrected chi connectivity index (χ4v) is 3.66. The molecule has 0 spiro atoms. The summed E-state index contributed by atoms with van der Waals surface area (Å²) in [5.74, 6) is 1.22. The molecule has 2 aromatic rings. The minimum absolute atomic E-state index is 0.174. The molecule has 1 atom stereocenters. The van der Waals surface area contributed by atoms with E-state index in [4.69, 9.17) is 9.47 Å². The maximum atomic E-state index is 13.8. The average molecular weight is 432 g/mol. The van der Waals surface area contributed by atoms with E-state index < -0.39 is 6.10 Å². The fraction of sp³-hybridized carbons (Fsp3) is 0.500. The van der Waals surface area contributed by atoms with Gasteiger partial charge in [-0.3, -0.25) is 4.90 Å². The van der Waals surface area contributed by atoms with Gasteiger partial charge in [-0.15, -0.1) is 0 Å². The van der Waals surface area contributed by atoms with Gasteiger partial charge in [0.1, 0.15) is 30.0 Å². The number of ether oxygens (including phenoxy) is 2. The van der Waals surface area contributed by atoms with Crippen LogP contribution in [0.1, 0.15) is 11.1 Å². The topological polar surface area (TPSA) is 57.2 Å². The molecule has 0 bridgehead atoms. The minimum Gasteiger partial charge on any atom is -0.497 e. The van der Waals surface area contributed by atoms with Gasteiger partial charge in [-0.25, -0.2) is 4.39 Å². The molecule has 170 valence electrons. The van der Waals surface area contributed by atoms with Crippen LogP contribution >= 0.6 is 0 Å². The molecule has 1 saturated heterocycles. The third-order valence-electron chi connectivity index (χ3n) is 5.61. The molecule has 0 saturated carbocycles. The standard InChI is InChI=1S/C24H34FN3O3/c1-27-11-13-28(14-12-27)17-21(29)18-31-24-15-22(30-2)8-7-20(24)16-26-10-9-19-5-3-4-6-23(19)25/h3-8,15,21,26,29H,9-14,16-18H2,1-2H3/t21-/m1/s1. The van der Waals surface area contributed by atoms with Gasteiger partial charge >= 0.3 is 0 Å². The number of likely N-dealkylation sites (N-methyl/N-ethyl adjacent to an activating group) is 1. The highest BCUT2D eigenvalue weighted by molar-refractivity contribution is 5.40. The molecule has 7 heteroatoms. The second-order valence-electron chi connectivity index (χ2n) is 8.06. The molecule has 0 radical (unpaired) electrons. The molecular weight excluding hydrogens is 397 g/mol. The number of hydrogen-bond acceptors (Lipinski definition) is 6. The Labute approximate surface area is 184 Å². The largest absolute Gasteiger partial charge is 0.497 e. The summed E-state index contributed by atoms with van der Waals surface area (Å²) < 4.78 is 25.1. The van der Waals surface area contributed by atoms with E-state index in [0.29, 0.717) is 43.1 Å². The van der Waals surface area contributed by atoms with E-state index in [2.05, 4.69) is 22.2 Å². The minimum atomic E-state index is -0.559. The van der Waals surface area contributed by atoms with Gasteiger partial charge in [-0.1, -0.05) is 24.3 Å². The number of aliphatic hydroxyl groups excluding tert-OH is 1. The van der Waals surface area contributed by atoms with Crippen molar-refractivity contribution < 1.29 is 19.0 Å². The lowest BCUT2D eigenvalue weighted by molar-refractivity contribution is 0.0501. The first-order chi connectivity index (χ1) is 15.0. The van der Waals surface area contributed by atoms with Gasteiger partial charge < -0.3 is 24.8 Å². The predicted molar refractivity (Wildman–Crippen MR) is 120 cm³/mol.